The van der Waals surface area contributed by atoms with Crippen LogP contribution in [0.25, 0.3) is 0 Å². The fraction of sp³-hybridized carbons (Fsp3) is 0.706. The number of nitrogens with one attached hydrogen (secondary N) is 3. The summed E-state index contributed by atoms with van der Waals surface area (Å²) in [7, 11) is 0. The summed E-state index contributed by atoms with van der Waals surface area (Å²) in [6.45, 7) is 4.65. The Hall–Kier alpha value is -2.34. The molecule has 3 amide bonds. The first-order valence-electron chi connectivity index (χ1n) is 9.00. The van der Waals surface area contributed by atoms with Crippen molar-refractivity contribution in [2.75, 3.05) is 12.0 Å². The number of aliphatic carboxylic acids is 2. The molecule has 0 aliphatic rings. The molecule has 12 heteroatoms. The molecular formula is C17H30N4O7S. The molecule has 0 aliphatic heterocycles. The first-order chi connectivity index (χ1) is 13.4. The topological polar surface area (TPSA) is 188 Å². The second kappa shape index (κ2) is 13.0. The van der Waals surface area contributed by atoms with Crippen LogP contribution in [0.3, 0.4) is 0 Å². The van der Waals surface area contributed by atoms with Crippen LogP contribution in [0.15, 0.2) is 0 Å². The summed E-state index contributed by atoms with van der Waals surface area (Å²) in [5.41, 5.74) is 5.53. The lowest BCUT2D eigenvalue weighted by atomic mass is 10.0. The zero-order valence-electron chi connectivity index (χ0n) is 16.9. The van der Waals surface area contributed by atoms with Crippen molar-refractivity contribution in [2.45, 2.75) is 57.8 Å². The molecule has 0 aromatic rings. The monoisotopic (exact) mass is 434 g/mol. The summed E-state index contributed by atoms with van der Waals surface area (Å²) < 4.78 is 0. The summed E-state index contributed by atoms with van der Waals surface area (Å²) >= 11 is 1.44. The number of amides is 3. The minimum Gasteiger partial charge on any atom is -0.481 e. The van der Waals surface area contributed by atoms with E-state index in [0.29, 0.717) is 5.75 Å². The molecule has 0 saturated carbocycles. The van der Waals surface area contributed by atoms with E-state index in [4.69, 9.17) is 15.9 Å². The summed E-state index contributed by atoms with van der Waals surface area (Å²) in [5, 5.41) is 24.9. The van der Waals surface area contributed by atoms with Gasteiger partial charge in [-0.05, 0) is 31.3 Å². The second-order valence-electron chi connectivity index (χ2n) is 6.85. The number of carboxylic acid groups (broad SMARTS) is 2. The smallest absolute Gasteiger partial charge is 0.325 e. The van der Waals surface area contributed by atoms with Crippen molar-refractivity contribution in [1.29, 1.82) is 0 Å². The lowest BCUT2D eigenvalue weighted by Crippen LogP contribution is -2.58. The molecule has 0 aromatic heterocycles. The van der Waals surface area contributed by atoms with Crippen LogP contribution >= 0.6 is 11.8 Å². The van der Waals surface area contributed by atoms with Gasteiger partial charge in [-0.15, -0.1) is 0 Å². The first-order valence-corrected chi connectivity index (χ1v) is 10.4. The lowest BCUT2D eigenvalue weighted by Gasteiger charge is -2.26. The third-order valence-electron chi connectivity index (χ3n) is 3.95. The average Bonchev–Trinajstić information content (AvgIpc) is 2.61. The Bertz CT molecular complexity index is 615. The number of carbonyl (C=O) groups excluding carboxylic acids is 3. The molecule has 166 valence electrons. The molecule has 0 bridgehead atoms. The number of carbonyl (C=O) groups is 5. The Kier molecular flexibility index (Phi) is 11.9. The number of nitrogens with two attached hydrogens (primary N) is 1. The Labute approximate surface area is 173 Å². The molecule has 7 N–H and O–H groups in total. The molecule has 0 spiro atoms. The maximum Gasteiger partial charge on any atom is 0.325 e. The molecule has 0 radical (unpaired) electrons. The summed E-state index contributed by atoms with van der Waals surface area (Å²) in [5.74, 6) is -4.41. The van der Waals surface area contributed by atoms with Gasteiger partial charge in [0.1, 0.15) is 18.1 Å². The van der Waals surface area contributed by atoms with Crippen molar-refractivity contribution >= 4 is 41.4 Å². The van der Waals surface area contributed by atoms with Gasteiger partial charge in [-0.1, -0.05) is 13.8 Å². The van der Waals surface area contributed by atoms with Gasteiger partial charge in [-0.25, -0.2) is 0 Å². The van der Waals surface area contributed by atoms with Crippen molar-refractivity contribution in [3.8, 4) is 0 Å². The Morgan fingerprint density at radius 3 is 1.97 bits per heavy atom. The Balaban J connectivity index is 5.24. The van der Waals surface area contributed by atoms with E-state index in [0.717, 1.165) is 0 Å². The van der Waals surface area contributed by atoms with Crippen molar-refractivity contribution in [3.05, 3.63) is 0 Å². The zero-order valence-corrected chi connectivity index (χ0v) is 17.7. The fourth-order valence-corrected chi connectivity index (χ4v) is 2.69. The molecule has 0 saturated heterocycles. The normalized spacial score (nSPS) is 15.0. The van der Waals surface area contributed by atoms with E-state index in [1.165, 1.54) is 18.7 Å². The van der Waals surface area contributed by atoms with Crippen LogP contribution in [0.4, 0.5) is 0 Å². The number of hydrogen-bond donors (Lipinski definition) is 6. The first kappa shape index (κ1) is 26.7. The van der Waals surface area contributed by atoms with E-state index in [1.54, 1.807) is 13.8 Å². The third kappa shape index (κ3) is 10.1. The standard InChI is InChI=1S/C17H30N4O7S/c1-8(2)13(16(26)19-9(3)17(27)28)21-15(25)11(5-6-29-4)20-14(24)10(18)7-12(22)23/h8-11,13H,5-7,18H2,1-4H3,(H,19,26)(H,20,24)(H,21,25)(H,22,23)(H,27,28). The minimum atomic E-state index is -1.32. The largest absolute Gasteiger partial charge is 0.481 e. The molecule has 0 fully saturated rings. The lowest BCUT2D eigenvalue weighted by molar-refractivity contribution is -0.142. The highest BCUT2D eigenvalue weighted by Crippen LogP contribution is 2.07. The summed E-state index contributed by atoms with van der Waals surface area (Å²) in [6, 6.07) is -4.51. The van der Waals surface area contributed by atoms with E-state index < -0.39 is 60.2 Å². The molecule has 0 rings (SSSR count). The number of thioether (sulfide) groups is 1. The van der Waals surface area contributed by atoms with Crippen LogP contribution in [-0.2, 0) is 24.0 Å². The van der Waals surface area contributed by atoms with Gasteiger partial charge in [0.25, 0.3) is 0 Å². The maximum atomic E-state index is 12.7. The van der Waals surface area contributed by atoms with E-state index >= 15 is 0 Å². The van der Waals surface area contributed by atoms with Gasteiger partial charge in [0.2, 0.25) is 17.7 Å². The fourth-order valence-electron chi connectivity index (χ4n) is 2.22. The van der Waals surface area contributed by atoms with Gasteiger partial charge in [0.05, 0.1) is 12.5 Å². The quantitative estimate of drug-likeness (QED) is 0.206. The van der Waals surface area contributed by atoms with Crippen molar-refractivity contribution in [2.24, 2.45) is 11.7 Å². The van der Waals surface area contributed by atoms with Gasteiger partial charge in [-0.3, -0.25) is 24.0 Å². The van der Waals surface area contributed by atoms with Gasteiger partial charge >= 0.3 is 11.9 Å². The molecular weight excluding hydrogens is 404 g/mol. The van der Waals surface area contributed by atoms with Crippen LogP contribution in [-0.4, -0.2) is 76.0 Å². The van der Waals surface area contributed by atoms with E-state index in [1.807, 2.05) is 6.26 Å². The highest BCUT2D eigenvalue weighted by molar-refractivity contribution is 7.98. The molecule has 4 unspecified atom stereocenters. The number of carboxylic acids is 2. The highest BCUT2D eigenvalue weighted by atomic mass is 32.2. The number of rotatable bonds is 13. The molecule has 11 nitrogen and oxygen atoms in total. The third-order valence-corrected chi connectivity index (χ3v) is 4.59. The Morgan fingerprint density at radius 1 is 0.931 bits per heavy atom. The van der Waals surface area contributed by atoms with Crippen molar-refractivity contribution in [1.82, 2.24) is 16.0 Å². The highest BCUT2D eigenvalue weighted by Gasteiger charge is 2.31. The van der Waals surface area contributed by atoms with E-state index in [-0.39, 0.29) is 12.3 Å². The van der Waals surface area contributed by atoms with Gasteiger partial charge < -0.3 is 31.9 Å². The van der Waals surface area contributed by atoms with Crippen molar-refractivity contribution < 1.29 is 34.2 Å². The SMILES string of the molecule is CSCCC(NC(=O)C(N)CC(=O)O)C(=O)NC(C(=O)NC(C)C(=O)O)C(C)C. The molecule has 0 aliphatic carbocycles. The molecule has 4 atom stereocenters. The summed E-state index contributed by atoms with van der Waals surface area (Å²) in [4.78, 5) is 58.8. The van der Waals surface area contributed by atoms with Crippen LogP contribution in [0.1, 0.15) is 33.6 Å². The average molecular weight is 435 g/mol. The minimum absolute atomic E-state index is 0.233. The van der Waals surface area contributed by atoms with Crippen LogP contribution in [0, 0.1) is 5.92 Å². The Morgan fingerprint density at radius 2 is 1.52 bits per heavy atom. The van der Waals surface area contributed by atoms with E-state index in [9.17, 15) is 24.0 Å². The van der Waals surface area contributed by atoms with Crippen LogP contribution in [0.5, 0.6) is 0 Å². The van der Waals surface area contributed by atoms with Gasteiger partial charge in [-0.2, -0.15) is 11.8 Å². The summed E-state index contributed by atoms with van der Waals surface area (Å²) in [6.07, 6.45) is 1.45. The number of hydrogen-bond acceptors (Lipinski definition) is 7. The molecule has 29 heavy (non-hydrogen) atoms. The van der Waals surface area contributed by atoms with Crippen LogP contribution < -0.4 is 21.7 Å². The molecule has 0 aromatic carbocycles. The molecule has 0 heterocycles. The van der Waals surface area contributed by atoms with Crippen LogP contribution in [0.2, 0.25) is 0 Å². The van der Waals surface area contributed by atoms with Crippen molar-refractivity contribution in [3.63, 3.8) is 0 Å². The predicted molar refractivity (Wildman–Crippen MR) is 107 cm³/mol. The van der Waals surface area contributed by atoms with Gasteiger partial charge in [0, 0.05) is 0 Å². The van der Waals surface area contributed by atoms with Gasteiger partial charge in [0.15, 0.2) is 0 Å². The second-order valence-corrected chi connectivity index (χ2v) is 7.83. The zero-order chi connectivity index (χ0) is 22.7. The maximum absolute atomic E-state index is 12.7. The van der Waals surface area contributed by atoms with E-state index in [2.05, 4.69) is 16.0 Å². The predicted octanol–water partition coefficient (Wildman–Crippen LogP) is -1.24.